The molecule has 0 aliphatic heterocycles. The van der Waals surface area contributed by atoms with Crippen LogP contribution in [0.4, 0.5) is 18.9 Å². The fourth-order valence-corrected chi connectivity index (χ4v) is 2.69. The van der Waals surface area contributed by atoms with Gasteiger partial charge in [-0.05, 0) is 43.2 Å². The van der Waals surface area contributed by atoms with Crippen LogP contribution in [-0.4, -0.2) is 34.8 Å². The molecule has 1 aromatic carbocycles. The van der Waals surface area contributed by atoms with Crippen LogP contribution in [0.3, 0.4) is 0 Å². The van der Waals surface area contributed by atoms with E-state index in [1.165, 1.54) is 30.5 Å². The number of halogens is 3. The smallest absolute Gasteiger partial charge is 0.339 e. The monoisotopic (exact) mass is 393 g/mol. The highest BCUT2D eigenvalue weighted by Gasteiger charge is 2.30. The van der Waals surface area contributed by atoms with Crippen LogP contribution in [0.1, 0.15) is 53.1 Å². The summed E-state index contributed by atoms with van der Waals surface area (Å²) < 4.78 is 38.4. The molecule has 1 heterocycles. The van der Waals surface area contributed by atoms with Crippen molar-refractivity contribution in [3.05, 3.63) is 59.4 Å². The van der Waals surface area contributed by atoms with Crippen molar-refractivity contribution in [3.63, 3.8) is 0 Å². The van der Waals surface area contributed by atoms with Gasteiger partial charge in [-0.25, -0.2) is 0 Å². The average Bonchev–Trinajstić information content (AvgIpc) is 2.67. The number of carbonyl (C=O) groups is 2. The lowest BCUT2D eigenvalue weighted by Crippen LogP contribution is -2.32. The first-order chi connectivity index (χ1) is 13.3. The van der Waals surface area contributed by atoms with E-state index in [2.05, 4.69) is 10.3 Å². The lowest BCUT2D eigenvalue weighted by molar-refractivity contribution is -0.137. The fourth-order valence-electron chi connectivity index (χ4n) is 2.69. The number of aromatic nitrogens is 1. The minimum Gasteiger partial charge on any atom is -0.339 e. The number of hydrogen-bond acceptors (Lipinski definition) is 3. The van der Waals surface area contributed by atoms with Crippen LogP contribution in [0.2, 0.25) is 0 Å². The molecule has 5 nitrogen and oxygen atoms in total. The highest BCUT2D eigenvalue weighted by atomic mass is 19.4. The Bertz CT molecular complexity index is 831. The van der Waals surface area contributed by atoms with Crippen molar-refractivity contribution in [1.82, 2.24) is 9.88 Å². The summed E-state index contributed by atoms with van der Waals surface area (Å²) in [5.74, 6) is -0.897. The number of hydrogen-bond donors (Lipinski definition) is 1. The zero-order chi connectivity index (χ0) is 20.7. The SMILES string of the molecule is CCCN(CCC)C(=O)c1ccnc(C(=O)Nc2cccc(C(F)(F)F)c2)c1. The molecule has 8 heteroatoms. The molecule has 2 rings (SSSR count). The molecule has 0 unspecified atom stereocenters. The maximum atomic E-state index is 12.8. The predicted molar refractivity (Wildman–Crippen MR) is 100 cm³/mol. The summed E-state index contributed by atoms with van der Waals surface area (Å²) in [4.78, 5) is 30.7. The van der Waals surface area contributed by atoms with Gasteiger partial charge in [0.2, 0.25) is 0 Å². The third-order valence-electron chi connectivity index (χ3n) is 3.96. The minimum absolute atomic E-state index is 0.00283. The Labute approximate surface area is 161 Å². The molecule has 1 aromatic heterocycles. The van der Waals surface area contributed by atoms with Gasteiger partial charge in [0.25, 0.3) is 11.8 Å². The first-order valence-corrected chi connectivity index (χ1v) is 9.00. The second-order valence-electron chi connectivity index (χ2n) is 6.25. The third kappa shape index (κ3) is 5.55. The van der Waals surface area contributed by atoms with E-state index in [0.717, 1.165) is 25.0 Å². The van der Waals surface area contributed by atoms with E-state index in [4.69, 9.17) is 0 Å². The van der Waals surface area contributed by atoms with Gasteiger partial charge in [0.1, 0.15) is 5.69 Å². The van der Waals surface area contributed by atoms with Crippen molar-refractivity contribution in [3.8, 4) is 0 Å². The largest absolute Gasteiger partial charge is 0.416 e. The lowest BCUT2D eigenvalue weighted by Gasteiger charge is -2.21. The van der Waals surface area contributed by atoms with Crippen molar-refractivity contribution >= 4 is 17.5 Å². The van der Waals surface area contributed by atoms with Gasteiger partial charge in [-0.3, -0.25) is 14.6 Å². The van der Waals surface area contributed by atoms with E-state index in [1.807, 2.05) is 13.8 Å². The molecule has 2 aromatic rings. The van der Waals surface area contributed by atoms with E-state index >= 15 is 0 Å². The third-order valence-corrected chi connectivity index (χ3v) is 3.96. The second kappa shape index (κ2) is 9.34. The number of pyridine rings is 1. The van der Waals surface area contributed by atoms with Crippen LogP contribution in [0.5, 0.6) is 0 Å². The van der Waals surface area contributed by atoms with Crippen LogP contribution >= 0.6 is 0 Å². The molecular weight excluding hydrogens is 371 g/mol. The highest BCUT2D eigenvalue weighted by Crippen LogP contribution is 2.30. The lowest BCUT2D eigenvalue weighted by atomic mass is 10.1. The van der Waals surface area contributed by atoms with E-state index in [-0.39, 0.29) is 17.3 Å². The van der Waals surface area contributed by atoms with Crippen molar-refractivity contribution in [1.29, 1.82) is 0 Å². The molecule has 0 atom stereocenters. The Morgan fingerprint density at radius 1 is 1.07 bits per heavy atom. The molecule has 0 aliphatic rings. The molecule has 0 saturated carbocycles. The van der Waals surface area contributed by atoms with Gasteiger partial charge < -0.3 is 10.2 Å². The molecular formula is C20H22F3N3O2. The summed E-state index contributed by atoms with van der Waals surface area (Å²) in [5, 5.41) is 2.39. The van der Waals surface area contributed by atoms with Gasteiger partial charge in [0.15, 0.2) is 0 Å². The molecule has 0 saturated heterocycles. The molecule has 0 fully saturated rings. The molecule has 0 radical (unpaired) electrons. The standard InChI is InChI=1S/C20H22F3N3O2/c1-3-10-26(11-4-2)19(28)14-8-9-24-17(12-14)18(27)25-16-7-5-6-15(13-16)20(21,22)23/h5-9,12-13H,3-4,10-11H2,1-2H3,(H,25,27). The topological polar surface area (TPSA) is 62.3 Å². The molecule has 2 amide bonds. The number of rotatable bonds is 7. The van der Waals surface area contributed by atoms with E-state index < -0.39 is 17.6 Å². The maximum Gasteiger partial charge on any atom is 0.416 e. The van der Waals surface area contributed by atoms with Crippen LogP contribution in [0, 0.1) is 0 Å². The highest BCUT2D eigenvalue weighted by molar-refractivity contribution is 6.04. The molecule has 0 bridgehead atoms. The Hall–Kier alpha value is -2.90. The zero-order valence-electron chi connectivity index (χ0n) is 15.7. The molecule has 0 spiro atoms. The maximum absolute atomic E-state index is 12.8. The van der Waals surface area contributed by atoms with Gasteiger partial charge in [0, 0.05) is 30.5 Å². The molecule has 150 valence electrons. The Balaban J connectivity index is 2.19. The Morgan fingerprint density at radius 2 is 1.75 bits per heavy atom. The van der Waals surface area contributed by atoms with E-state index in [0.29, 0.717) is 18.7 Å². The molecule has 0 aliphatic carbocycles. The van der Waals surface area contributed by atoms with Crippen molar-refractivity contribution in [2.24, 2.45) is 0 Å². The van der Waals surface area contributed by atoms with E-state index in [9.17, 15) is 22.8 Å². The van der Waals surface area contributed by atoms with Crippen molar-refractivity contribution in [2.45, 2.75) is 32.9 Å². The van der Waals surface area contributed by atoms with Gasteiger partial charge >= 0.3 is 6.18 Å². The quantitative estimate of drug-likeness (QED) is 0.747. The first kappa shape index (κ1) is 21.4. The summed E-state index contributed by atoms with van der Waals surface area (Å²) in [7, 11) is 0. The van der Waals surface area contributed by atoms with Crippen LogP contribution in [0.15, 0.2) is 42.6 Å². The van der Waals surface area contributed by atoms with Gasteiger partial charge in [-0.2, -0.15) is 13.2 Å². The number of anilines is 1. The minimum atomic E-state index is -4.51. The Kier molecular flexibility index (Phi) is 7.14. The summed E-state index contributed by atoms with van der Waals surface area (Å²) >= 11 is 0. The number of alkyl halides is 3. The van der Waals surface area contributed by atoms with Gasteiger partial charge in [0.05, 0.1) is 5.56 Å². The first-order valence-electron chi connectivity index (χ1n) is 9.00. The normalized spacial score (nSPS) is 11.2. The van der Waals surface area contributed by atoms with Crippen LogP contribution in [0.25, 0.3) is 0 Å². The van der Waals surface area contributed by atoms with Crippen LogP contribution < -0.4 is 5.32 Å². The van der Waals surface area contributed by atoms with Gasteiger partial charge in [-0.15, -0.1) is 0 Å². The number of nitrogens with one attached hydrogen (secondary N) is 1. The summed E-state index contributed by atoms with van der Waals surface area (Å²) in [6.07, 6.45) is -1.56. The summed E-state index contributed by atoms with van der Waals surface area (Å²) in [6.45, 7) is 5.13. The van der Waals surface area contributed by atoms with Crippen molar-refractivity contribution < 1.29 is 22.8 Å². The fraction of sp³-hybridized carbons (Fsp3) is 0.350. The van der Waals surface area contributed by atoms with E-state index in [1.54, 1.807) is 4.90 Å². The summed E-state index contributed by atoms with van der Waals surface area (Å²) in [6, 6.07) is 7.19. The number of carbonyl (C=O) groups excluding carboxylic acids is 2. The zero-order valence-corrected chi connectivity index (χ0v) is 15.7. The van der Waals surface area contributed by atoms with Crippen LogP contribution in [-0.2, 0) is 6.18 Å². The average molecular weight is 393 g/mol. The Morgan fingerprint density at radius 3 is 2.36 bits per heavy atom. The molecule has 28 heavy (non-hydrogen) atoms. The number of benzene rings is 1. The molecule has 1 N–H and O–H groups in total. The summed E-state index contributed by atoms with van der Waals surface area (Å²) in [5.41, 5.74) is -0.601. The van der Waals surface area contributed by atoms with Gasteiger partial charge in [-0.1, -0.05) is 19.9 Å². The second-order valence-corrected chi connectivity index (χ2v) is 6.25. The number of amides is 2. The number of nitrogens with zero attached hydrogens (tertiary/aromatic N) is 2. The van der Waals surface area contributed by atoms with Crippen molar-refractivity contribution in [2.75, 3.05) is 18.4 Å². The predicted octanol–water partition coefficient (Wildman–Crippen LogP) is 4.61.